The Morgan fingerprint density at radius 2 is 2.00 bits per heavy atom. The number of carbonyl (C=O) groups is 1. The molecule has 29 heavy (non-hydrogen) atoms. The van der Waals surface area contributed by atoms with E-state index in [1.54, 1.807) is 6.92 Å². The van der Waals surface area contributed by atoms with Gasteiger partial charge in [-0.15, -0.1) is 0 Å². The fourth-order valence-electron chi connectivity index (χ4n) is 4.47. The van der Waals surface area contributed by atoms with E-state index in [1.807, 2.05) is 11.1 Å². The molecule has 1 unspecified atom stereocenters. The van der Waals surface area contributed by atoms with Gasteiger partial charge in [-0.2, -0.15) is 0 Å². The van der Waals surface area contributed by atoms with Crippen molar-refractivity contribution in [2.24, 2.45) is 0 Å². The summed E-state index contributed by atoms with van der Waals surface area (Å²) in [4.78, 5) is 25.7. The van der Waals surface area contributed by atoms with Gasteiger partial charge in [0.05, 0.1) is 5.69 Å². The fourth-order valence-corrected chi connectivity index (χ4v) is 4.47. The lowest BCUT2D eigenvalue weighted by Gasteiger charge is -2.33. The van der Waals surface area contributed by atoms with Gasteiger partial charge in [-0.25, -0.2) is 9.97 Å². The average molecular weight is 393 g/mol. The molecule has 2 aliphatic heterocycles. The summed E-state index contributed by atoms with van der Waals surface area (Å²) in [6.45, 7) is 10.7. The number of rotatable bonds is 4. The second kappa shape index (κ2) is 8.62. The van der Waals surface area contributed by atoms with Gasteiger partial charge in [0.2, 0.25) is 5.91 Å². The Morgan fingerprint density at radius 1 is 1.21 bits per heavy atom. The maximum atomic E-state index is 11.6. The molecule has 1 amide bonds. The van der Waals surface area contributed by atoms with Gasteiger partial charge in [0, 0.05) is 57.2 Å². The summed E-state index contributed by atoms with van der Waals surface area (Å²) in [6, 6.07) is 9.07. The number of carbonyl (C=O) groups excluding carboxylic acids is 1. The van der Waals surface area contributed by atoms with Gasteiger partial charge in [-0.3, -0.25) is 9.69 Å². The van der Waals surface area contributed by atoms with Crippen LogP contribution in [-0.4, -0.2) is 45.3 Å². The highest BCUT2D eigenvalue weighted by atomic mass is 16.2. The molecule has 0 N–H and O–H groups in total. The summed E-state index contributed by atoms with van der Waals surface area (Å²) in [7, 11) is 0. The maximum Gasteiger partial charge on any atom is 0.219 e. The first-order valence-corrected chi connectivity index (χ1v) is 10.9. The molecule has 0 bridgehead atoms. The summed E-state index contributed by atoms with van der Waals surface area (Å²) in [5, 5.41) is 0. The lowest BCUT2D eigenvalue weighted by atomic mass is 9.95. The minimum Gasteiger partial charge on any atom is -0.338 e. The van der Waals surface area contributed by atoms with E-state index < -0.39 is 0 Å². The molecule has 0 saturated carbocycles. The zero-order chi connectivity index (χ0) is 20.4. The molecular formula is C24H32N4O. The van der Waals surface area contributed by atoms with Crippen LogP contribution in [0.2, 0.25) is 0 Å². The number of benzene rings is 1. The van der Waals surface area contributed by atoms with Gasteiger partial charge in [0.1, 0.15) is 5.82 Å². The number of nitrogens with zero attached hydrogens (tertiary/aromatic N) is 4. The van der Waals surface area contributed by atoms with E-state index in [2.05, 4.69) is 43.0 Å². The molecule has 5 nitrogen and oxygen atoms in total. The number of fused-ring (bicyclic) bond motifs is 1. The highest BCUT2D eigenvalue weighted by molar-refractivity contribution is 5.73. The SMILES string of the molecule is CC(=O)N1CCc2nc(C3CCCN(Cc4ccc(C(C)C)cc4)C3)ncc2C1. The van der Waals surface area contributed by atoms with Gasteiger partial charge < -0.3 is 4.90 Å². The van der Waals surface area contributed by atoms with Crippen molar-refractivity contribution in [2.45, 2.75) is 65.0 Å². The number of aromatic nitrogens is 2. The normalized spacial score (nSPS) is 20.0. The summed E-state index contributed by atoms with van der Waals surface area (Å²) < 4.78 is 0. The monoisotopic (exact) mass is 392 g/mol. The van der Waals surface area contributed by atoms with Crippen LogP contribution in [0.15, 0.2) is 30.5 Å². The van der Waals surface area contributed by atoms with Gasteiger partial charge in [0.25, 0.3) is 0 Å². The molecule has 1 fully saturated rings. The second-order valence-electron chi connectivity index (χ2n) is 8.86. The molecular weight excluding hydrogens is 360 g/mol. The van der Waals surface area contributed by atoms with E-state index in [9.17, 15) is 4.79 Å². The zero-order valence-corrected chi connectivity index (χ0v) is 17.9. The van der Waals surface area contributed by atoms with Crippen molar-refractivity contribution in [3.8, 4) is 0 Å². The third-order valence-electron chi connectivity index (χ3n) is 6.32. The molecule has 2 aromatic rings. The molecule has 0 spiro atoms. The quantitative estimate of drug-likeness (QED) is 0.792. The molecule has 1 aromatic carbocycles. The summed E-state index contributed by atoms with van der Waals surface area (Å²) in [5.41, 5.74) is 5.02. The first-order chi connectivity index (χ1) is 14.0. The topological polar surface area (TPSA) is 49.3 Å². The van der Waals surface area contributed by atoms with Gasteiger partial charge in [-0.1, -0.05) is 38.1 Å². The van der Waals surface area contributed by atoms with Crippen molar-refractivity contribution in [1.82, 2.24) is 19.8 Å². The number of amides is 1. The minimum atomic E-state index is 0.129. The highest BCUT2D eigenvalue weighted by Gasteiger charge is 2.26. The van der Waals surface area contributed by atoms with Crippen LogP contribution >= 0.6 is 0 Å². The van der Waals surface area contributed by atoms with Crippen LogP contribution in [0.3, 0.4) is 0 Å². The zero-order valence-electron chi connectivity index (χ0n) is 17.9. The van der Waals surface area contributed by atoms with Crippen molar-refractivity contribution < 1.29 is 4.79 Å². The van der Waals surface area contributed by atoms with E-state index in [0.717, 1.165) is 56.1 Å². The number of likely N-dealkylation sites (tertiary alicyclic amines) is 1. The third kappa shape index (κ3) is 4.67. The Bertz CT molecular complexity index is 862. The van der Waals surface area contributed by atoms with Crippen LogP contribution in [-0.2, 0) is 24.3 Å². The van der Waals surface area contributed by atoms with Gasteiger partial charge >= 0.3 is 0 Å². The van der Waals surface area contributed by atoms with Crippen molar-refractivity contribution in [2.75, 3.05) is 19.6 Å². The average Bonchev–Trinajstić information content (AvgIpc) is 2.73. The molecule has 4 rings (SSSR count). The molecule has 0 aliphatic carbocycles. The predicted octanol–water partition coefficient (Wildman–Crippen LogP) is 3.88. The van der Waals surface area contributed by atoms with Gasteiger partial charge in [0.15, 0.2) is 0 Å². The van der Waals surface area contributed by atoms with Gasteiger partial charge in [-0.05, 0) is 36.4 Å². The van der Waals surface area contributed by atoms with Crippen molar-refractivity contribution in [1.29, 1.82) is 0 Å². The molecule has 1 aromatic heterocycles. The van der Waals surface area contributed by atoms with E-state index in [1.165, 1.54) is 17.5 Å². The molecule has 2 aliphatic rings. The standard InChI is InChI=1S/C24H32N4O/c1-17(2)20-8-6-19(7-9-20)14-27-11-4-5-21(15-27)24-25-13-22-16-28(18(3)29)12-10-23(22)26-24/h6-9,13,17,21H,4-5,10-12,14-16H2,1-3H3. The third-order valence-corrected chi connectivity index (χ3v) is 6.32. The minimum absolute atomic E-state index is 0.129. The van der Waals surface area contributed by atoms with Crippen molar-refractivity contribution >= 4 is 5.91 Å². The van der Waals surface area contributed by atoms with Crippen LogP contribution in [0.1, 0.15) is 73.7 Å². The molecule has 1 atom stereocenters. The van der Waals surface area contributed by atoms with Crippen LogP contribution in [0.4, 0.5) is 0 Å². The maximum absolute atomic E-state index is 11.6. The summed E-state index contributed by atoms with van der Waals surface area (Å²) in [6.07, 6.45) is 5.13. The lowest BCUT2D eigenvalue weighted by Crippen LogP contribution is -2.36. The van der Waals surface area contributed by atoms with E-state index in [4.69, 9.17) is 9.97 Å². The molecule has 1 saturated heterocycles. The van der Waals surface area contributed by atoms with Crippen molar-refractivity contribution in [3.63, 3.8) is 0 Å². The van der Waals surface area contributed by atoms with Crippen LogP contribution in [0.5, 0.6) is 0 Å². The van der Waals surface area contributed by atoms with Crippen LogP contribution < -0.4 is 0 Å². The largest absolute Gasteiger partial charge is 0.338 e. The fraction of sp³-hybridized carbons (Fsp3) is 0.542. The van der Waals surface area contributed by atoms with Crippen LogP contribution in [0, 0.1) is 0 Å². The molecule has 3 heterocycles. The Labute approximate surface area is 174 Å². The predicted molar refractivity (Wildman–Crippen MR) is 115 cm³/mol. The van der Waals surface area contributed by atoms with E-state index >= 15 is 0 Å². The second-order valence-corrected chi connectivity index (χ2v) is 8.86. The Morgan fingerprint density at radius 3 is 2.72 bits per heavy atom. The lowest BCUT2D eigenvalue weighted by molar-refractivity contribution is -0.129. The Hall–Kier alpha value is -2.27. The molecule has 154 valence electrons. The van der Waals surface area contributed by atoms with Crippen LogP contribution in [0.25, 0.3) is 0 Å². The van der Waals surface area contributed by atoms with E-state index in [0.29, 0.717) is 18.4 Å². The smallest absolute Gasteiger partial charge is 0.219 e. The Kier molecular flexibility index (Phi) is 5.95. The highest BCUT2D eigenvalue weighted by Crippen LogP contribution is 2.27. The Balaban J connectivity index is 1.41. The number of hydrogen-bond donors (Lipinski definition) is 0. The first-order valence-electron chi connectivity index (χ1n) is 10.9. The number of piperidine rings is 1. The molecule has 5 heteroatoms. The molecule has 0 radical (unpaired) electrons. The van der Waals surface area contributed by atoms with E-state index in [-0.39, 0.29) is 5.91 Å². The first kappa shape index (κ1) is 20.0. The van der Waals surface area contributed by atoms with Crippen molar-refractivity contribution in [3.05, 3.63) is 58.7 Å². The summed E-state index contributed by atoms with van der Waals surface area (Å²) in [5.74, 6) is 2.09. The summed E-state index contributed by atoms with van der Waals surface area (Å²) >= 11 is 0. The number of hydrogen-bond acceptors (Lipinski definition) is 4.